The summed E-state index contributed by atoms with van der Waals surface area (Å²) >= 11 is 0. The van der Waals surface area contributed by atoms with Gasteiger partial charge in [0.1, 0.15) is 0 Å². The van der Waals surface area contributed by atoms with Crippen LogP contribution >= 0.6 is 0 Å². The predicted octanol–water partition coefficient (Wildman–Crippen LogP) is 3.40. The Morgan fingerprint density at radius 3 is 2.50 bits per heavy atom. The normalized spacial score (nSPS) is 22.8. The molecular formula is C21H30N4O. The first kappa shape index (κ1) is 16.5. The summed E-state index contributed by atoms with van der Waals surface area (Å²) in [5, 5.41) is 5.83. The molecule has 3 fully saturated rings. The Kier molecular flexibility index (Phi) is 3.78. The van der Waals surface area contributed by atoms with Crippen molar-refractivity contribution >= 4 is 10.9 Å². The highest BCUT2D eigenvalue weighted by atomic mass is 16.1. The second-order valence-electron chi connectivity index (χ2n) is 8.87. The summed E-state index contributed by atoms with van der Waals surface area (Å²) in [7, 11) is 2.01. The lowest BCUT2D eigenvalue weighted by atomic mass is 9.63. The predicted molar refractivity (Wildman–Crippen MR) is 103 cm³/mol. The molecule has 3 aliphatic rings. The van der Waals surface area contributed by atoms with Crippen LogP contribution in [0.3, 0.4) is 0 Å². The first-order valence-corrected chi connectivity index (χ1v) is 10.4. The fourth-order valence-corrected chi connectivity index (χ4v) is 5.13. The lowest BCUT2D eigenvalue weighted by Crippen LogP contribution is -2.43. The average molecular weight is 354 g/mol. The highest BCUT2D eigenvalue weighted by Crippen LogP contribution is 2.49. The van der Waals surface area contributed by atoms with Crippen LogP contribution in [0.1, 0.15) is 69.0 Å². The molecule has 2 aromatic heterocycles. The first-order valence-electron chi connectivity index (χ1n) is 10.4. The van der Waals surface area contributed by atoms with Crippen molar-refractivity contribution in [3.63, 3.8) is 0 Å². The van der Waals surface area contributed by atoms with Crippen molar-refractivity contribution < 1.29 is 0 Å². The van der Waals surface area contributed by atoms with Crippen molar-refractivity contribution in [1.82, 2.24) is 19.2 Å². The molecule has 3 heterocycles. The highest BCUT2D eigenvalue weighted by molar-refractivity contribution is 5.85. The van der Waals surface area contributed by atoms with Gasteiger partial charge in [0.2, 0.25) is 0 Å². The molecule has 5 nitrogen and oxygen atoms in total. The number of likely N-dealkylation sites (tertiary alicyclic amines) is 1. The van der Waals surface area contributed by atoms with E-state index in [2.05, 4.69) is 16.2 Å². The minimum Gasteiger partial charge on any atom is -0.314 e. The number of piperidine rings is 1. The zero-order valence-corrected chi connectivity index (χ0v) is 16.1. The molecule has 140 valence electrons. The van der Waals surface area contributed by atoms with E-state index in [1.54, 1.807) is 0 Å². The summed E-state index contributed by atoms with van der Waals surface area (Å²) < 4.78 is 3.82. The summed E-state index contributed by atoms with van der Waals surface area (Å²) in [6.45, 7) is 6.07. The van der Waals surface area contributed by atoms with Gasteiger partial charge in [-0.1, -0.05) is 6.42 Å². The molecule has 1 spiro atoms. The van der Waals surface area contributed by atoms with Crippen LogP contribution in [0.5, 0.6) is 0 Å². The van der Waals surface area contributed by atoms with Crippen LogP contribution in [0, 0.1) is 5.41 Å². The molecule has 0 amide bonds. The van der Waals surface area contributed by atoms with Crippen LogP contribution in [-0.4, -0.2) is 32.3 Å². The molecule has 2 aromatic rings. The smallest absolute Gasteiger partial charge is 0.278 e. The van der Waals surface area contributed by atoms with Gasteiger partial charge in [-0.05, 0) is 75.4 Å². The van der Waals surface area contributed by atoms with Crippen molar-refractivity contribution in [1.29, 1.82) is 0 Å². The summed E-state index contributed by atoms with van der Waals surface area (Å²) in [5.74, 6) is 0.624. The van der Waals surface area contributed by atoms with E-state index >= 15 is 0 Å². The number of nitrogens with zero attached hydrogens (tertiary/aromatic N) is 4. The zero-order chi connectivity index (χ0) is 17.9. The van der Waals surface area contributed by atoms with Crippen LogP contribution < -0.4 is 5.56 Å². The average Bonchev–Trinajstić information content (AvgIpc) is 3.41. The molecule has 0 N–H and O–H groups in total. The Bertz CT molecular complexity index is 891. The van der Waals surface area contributed by atoms with Gasteiger partial charge in [-0.2, -0.15) is 5.10 Å². The van der Waals surface area contributed by atoms with Gasteiger partial charge in [0.25, 0.3) is 5.56 Å². The summed E-state index contributed by atoms with van der Waals surface area (Å²) in [6.07, 6.45) is 11.6. The van der Waals surface area contributed by atoms with Gasteiger partial charge in [0.05, 0.1) is 5.69 Å². The quantitative estimate of drug-likeness (QED) is 0.845. The van der Waals surface area contributed by atoms with Crippen LogP contribution in [0.2, 0.25) is 0 Å². The van der Waals surface area contributed by atoms with E-state index in [1.807, 2.05) is 23.2 Å². The Labute approximate surface area is 155 Å². The van der Waals surface area contributed by atoms with Crippen LogP contribution in [0.15, 0.2) is 11.0 Å². The van der Waals surface area contributed by atoms with Crippen molar-refractivity contribution in [2.45, 2.75) is 70.9 Å². The molecule has 1 aliphatic heterocycles. The van der Waals surface area contributed by atoms with Crippen molar-refractivity contribution in [3.8, 4) is 0 Å². The molecule has 0 unspecified atom stereocenters. The maximum Gasteiger partial charge on any atom is 0.278 e. The SMILES string of the molecule is CCn1cc(C2CC2)c2c(CN3CCC4(CCC4)CC3)n(C)nc2c1=O. The van der Waals surface area contributed by atoms with Gasteiger partial charge in [-0.3, -0.25) is 14.4 Å². The minimum absolute atomic E-state index is 0.0702. The molecule has 5 rings (SSSR count). The number of aromatic nitrogens is 3. The van der Waals surface area contributed by atoms with E-state index in [9.17, 15) is 4.79 Å². The number of fused-ring (bicyclic) bond motifs is 1. The van der Waals surface area contributed by atoms with Gasteiger partial charge in [-0.25, -0.2) is 0 Å². The van der Waals surface area contributed by atoms with Crippen molar-refractivity contribution in [3.05, 3.63) is 27.8 Å². The summed E-state index contributed by atoms with van der Waals surface area (Å²) in [6, 6.07) is 0. The summed E-state index contributed by atoms with van der Waals surface area (Å²) in [4.78, 5) is 15.4. The molecule has 2 aliphatic carbocycles. The maximum atomic E-state index is 12.8. The Hall–Kier alpha value is -1.62. The Morgan fingerprint density at radius 1 is 1.19 bits per heavy atom. The van der Waals surface area contributed by atoms with Gasteiger partial charge >= 0.3 is 0 Å². The van der Waals surface area contributed by atoms with Crippen LogP contribution in [0.25, 0.3) is 10.9 Å². The van der Waals surface area contributed by atoms with Crippen molar-refractivity contribution in [2.24, 2.45) is 12.5 Å². The molecular weight excluding hydrogens is 324 g/mol. The van der Waals surface area contributed by atoms with Gasteiger partial charge in [0, 0.05) is 31.7 Å². The fraction of sp³-hybridized carbons (Fsp3) is 0.714. The topological polar surface area (TPSA) is 43.1 Å². The van der Waals surface area contributed by atoms with Gasteiger partial charge in [-0.15, -0.1) is 0 Å². The van der Waals surface area contributed by atoms with E-state index in [1.165, 1.54) is 69.3 Å². The molecule has 0 radical (unpaired) electrons. The number of rotatable bonds is 4. The summed E-state index contributed by atoms with van der Waals surface area (Å²) in [5.41, 5.74) is 4.03. The maximum absolute atomic E-state index is 12.8. The second kappa shape index (κ2) is 5.95. The monoisotopic (exact) mass is 354 g/mol. The zero-order valence-electron chi connectivity index (χ0n) is 16.1. The van der Waals surface area contributed by atoms with E-state index in [0.717, 1.165) is 11.9 Å². The van der Waals surface area contributed by atoms with E-state index in [4.69, 9.17) is 0 Å². The number of hydrogen-bond donors (Lipinski definition) is 0. The van der Waals surface area contributed by atoms with E-state index in [-0.39, 0.29) is 5.56 Å². The van der Waals surface area contributed by atoms with Gasteiger partial charge < -0.3 is 4.57 Å². The molecule has 0 atom stereocenters. The Morgan fingerprint density at radius 2 is 1.92 bits per heavy atom. The van der Waals surface area contributed by atoms with Gasteiger partial charge in [0.15, 0.2) is 5.52 Å². The third-order valence-electron chi connectivity index (χ3n) is 7.28. The minimum atomic E-state index is 0.0702. The third kappa shape index (κ3) is 2.55. The van der Waals surface area contributed by atoms with E-state index < -0.39 is 0 Å². The molecule has 0 bridgehead atoms. The Balaban J connectivity index is 1.50. The van der Waals surface area contributed by atoms with Crippen molar-refractivity contribution in [2.75, 3.05) is 13.1 Å². The lowest BCUT2D eigenvalue weighted by Gasteiger charge is -2.48. The highest BCUT2D eigenvalue weighted by Gasteiger charge is 2.39. The molecule has 0 aromatic carbocycles. The third-order valence-corrected chi connectivity index (χ3v) is 7.28. The second-order valence-corrected chi connectivity index (χ2v) is 8.87. The van der Waals surface area contributed by atoms with Crippen LogP contribution in [-0.2, 0) is 20.1 Å². The number of hydrogen-bond acceptors (Lipinski definition) is 3. The molecule has 2 saturated carbocycles. The van der Waals surface area contributed by atoms with Crippen LogP contribution in [0.4, 0.5) is 0 Å². The lowest BCUT2D eigenvalue weighted by molar-refractivity contribution is 0.0298. The number of aryl methyl sites for hydroxylation is 2. The first-order chi connectivity index (χ1) is 12.6. The number of pyridine rings is 1. The largest absolute Gasteiger partial charge is 0.314 e. The molecule has 26 heavy (non-hydrogen) atoms. The molecule has 5 heteroatoms. The standard InChI is InChI=1S/C21H30N4O/c1-3-25-13-16(15-5-6-15)18-17(23(2)22-19(18)20(25)26)14-24-11-9-21(10-12-24)7-4-8-21/h13,15H,3-12,14H2,1-2H3. The fourth-order valence-electron chi connectivity index (χ4n) is 5.13. The van der Waals surface area contributed by atoms with E-state index in [0.29, 0.717) is 23.4 Å². The molecule has 1 saturated heterocycles.